The summed E-state index contributed by atoms with van der Waals surface area (Å²) in [6, 6.07) is 6.87. The second-order valence-corrected chi connectivity index (χ2v) is 5.76. The van der Waals surface area contributed by atoms with E-state index in [0.717, 1.165) is 37.4 Å². The van der Waals surface area contributed by atoms with Crippen molar-refractivity contribution in [1.29, 1.82) is 0 Å². The fourth-order valence-corrected chi connectivity index (χ4v) is 2.84. The number of nitrogens with one attached hydrogen (secondary N) is 1. The minimum atomic E-state index is -0.375. The third kappa shape index (κ3) is 2.53. The average molecular weight is 312 g/mol. The summed E-state index contributed by atoms with van der Waals surface area (Å²) < 4.78 is 14.3. The van der Waals surface area contributed by atoms with E-state index in [9.17, 15) is 4.39 Å². The number of rotatable bonds is 2. The van der Waals surface area contributed by atoms with Crippen molar-refractivity contribution in [2.24, 2.45) is 0 Å². The Labute approximate surface area is 133 Å². The van der Waals surface area contributed by atoms with E-state index < -0.39 is 0 Å². The van der Waals surface area contributed by atoms with Crippen LogP contribution in [-0.2, 0) is 0 Å². The van der Waals surface area contributed by atoms with Crippen LogP contribution in [0.4, 0.5) is 10.2 Å². The summed E-state index contributed by atoms with van der Waals surface area (Å²) >= 11 is 0. The van der Waals surface area contributed by atoms with Crippen molar-refractivity contribution in [3.05, 3.63) is 36.3 Å². The van der Waals surface area contributed by atoms with Crippen molar-refractivity contribution in [3.63, 3.8) is 0 Å². The fraction of sp³-hybridized carbons (Fsp3) is 0.312. The molecule has 1 fully saturated rings. The Kier molecular flexibility index (Phi) is 3.42. The fourth-order valence-electron chi connectivity index (χ4n) is 2.84. The molecule has 1 aliphatic rings. The van der Waals surface area contributed by atoms with Gasteiger partial charge in [-0.3, -0.25) is 5.10 Å². The highest BCUT2D eigenvalue weighted by atomic mass is 19.1. The number of piperazine rings is 1. The Morgan fingerprint density at radius 2 is 1.91 bits per heavy atom. The molecular formula is C16H17FN6. The molecule has 0 amide bonds. The third-order valence-electron chi connectivity index (χ3n) is 4.22. The number of hydrogen-bond acceptors (Lipinski definition) is 5. The molecule has 0 aliphatic carbocycles. The average Bonchev–Trinajstić information content (AvgIpc) is 3.00. The number of aromatic amines is 1. The van der Waals surface area contributed by atoms with Crippen LogP contribution < -0.4 is 4.90 Å². The number of anilines is 1. The Morgan fingerprint density at radius 3 is 2.74 bits per heavy atom. The van der Waals surface area contributed by atoms with Gasteiger partial charge in [-0.25, -0.2) is 14.4 Å². The highest BCUT2D eigenvalue weighted by Gasteiger charge is 2.19. The van der Waals surface area contributed by atoms with Gasteiger partial charge in [0.2, 0.25) is 0 Å². The lowest BCUT2D eigenvalue weighted by atomic mass is 10.2. The third-order valence-corrected chi connectivity index (χ3v) is 4.22. The number of halogens is 1. The molecule has 0 unspecified atom stereocenters. The normalized spacial score (nSPS) is 16.2. The number of aromatic nitrogens is 4. The number of likely N-dealkylation sites (N-methyl/N-ethyl adjacent to an activating group) is 1. The maximum atomic E-state index is 14.3. The van der Waals surface area contributed by atoms with Crippen LogP contribution >= 0.6 is 0 Å². The molecule has 7 heteroatoms. The molecule has 0 saturated carbocycles. The monoisotopic (exact) mass is 312 g/mol. The Bertz CT molecular complexity index is 837. The van der Waals surface area contributed by atoms with E-state index >= 15 is 0 Å². The predicted octanol–water partition coefficient (Wildman–Crippen LogP) is 1.91. The van der Waals surface area contributed by atoms with Crippen LogP contribution in [0, 0.1) is 5.82 Å². The van der Waals surface area contributed by atoms with Crippen molar-refractivity contribution in [2.45, 2.75) is 0 Å². The van der Waals surface area contributed by atoms with Gasteiger partial charge in [-0.2, -0.15) is 5.10 Å². The minimum absolute atomic E-state index is 0.265. The molecule has 3 aromatic heterocycles. The van der Waals surface area contributed by atoms with Crippen LogP contribution in [0.3, 0.4) is 0 Å². The molecule has 0 bridgehead atoms. The van der Waals surface area contributed by atoms with Gasteiger partial charge in [0.15, 0.2) is 11.5 Å². The standard InChI is InChI=1S/C16H17FN6/c1-22-7-9-23(10-8-22)13-5-4-12(17)15(19-13)14-11-3-2-6-18-16(11)21-20-14/h2-6H,7-10H2,1H3,(H,18,20,21). The number of nitrogens with zero attached hydrogens (tertiary/aromatic N) is 5. The second-order valence-electron chi connectivity index (χ2n) is 5.76. The zero-order chi connectivity index (χ0) is 15.8. The quantitative estimate of drug-likeness (QED) is 0.783. The molecule has 118 valence electrons. The summed E-state index contributed by atoms with van der Waals surface area (Å²) in [5.41, 5.74) is 1.40. The first-order valence-corrected chi connectivity index (χ1v) is 7.62. The van der Waals surface area contributed by atoms with Gasteiger partial charge >= 0.3 is 0 Å². The molecule has 1 saturated heterocycles. The van der Waals surface area contributed by atoms with Crippen LogP contribution in [-0.4, -0.2) is 58.3 Å². The highest BCUT2D eigenvalue weighted by Crippen LogP contribution is 2.28. The lowest BCUT2D eigenvalue weighted by molar-refractivity contribution is 0.312. The first kappa shape index (κ1) is 14.1. The molecule has 0 atom stereocenters. The smallest absolute Gasteiger partial charge is 0.155 e. The molecule has 3 aromatic rings. The molecule has 0 radical (unpaired) electrons. The largest absolute Gasteiger partial charge is 0.354 e. The first-order chi connectivity index (χ1) is 11.2. The van der Waals surface area contributed by atoms with Gasteiger partial charge < -0.3 is 9.80 Å². The molecule has 0 spiro atoms. The molecule has 1 N–H and O–H groups in total. The summed E-state index contributed by atoms with van der Waals surface area (Å²) in [6.45, 7) is 3.72. The van der Waals surface area contributed by atoms with Crippen LogP contribution in [0.5, 0.6) is 0 Å². The first-order valence-electron chi connectivity index (χ1n) is 7.62. The molecule has 4 rings (SSSR count). The number of fused-ring (bicyclic) bond motifs is 1. The lowest BCUT2D eigenvalue weighted by Crippen LogP contribution is -2.44. The van der Waals surface area contributed by atoms with Crippen LogP contribution in [0.1, 0.15) is 0 Å². The summed E-state index contributed by atoms with van der Waals surface area (Å²) in [4.78, 5) is 13.2. The summed E-state index contributed by atoms with van der Waals surface area (Å²) in [5, 5.41) is 7.81. The summed E-state index contributed by atoms with van der Waals surface area (Å²) in [5.74, 6) is 0.412. The van der Waals surface area contributed by atoms with E-state index in [4.69, 9.17) is 0 Å². The molecule has 23 heavy (non-hydrogen) atoms. The van der Waals surface area contributed by atoms with Crippen molar-refractivity contribution in [1.82, 2.24) is 25.1 Å². The molecule has 4 heterocycles. The summed E-state index contributed by atoms with van der Waals surface area (Å²) in [7, 11) is 2.10. The maximum Gasteiger partial charge on any atom is 0.155 e. The van der Waals surface area contributed by atoms with Gasteiger partial charge in [0.25, 0.3) is 0 Å². The minimum Gasteiger partial charge on any atom is -0.354 e. The molecule has 1 aliphatic heterocycles. The van der Waals surface area contributed by atoms with E-state index in [1.54, 1.807) is 12.3 Å². The zero-order valence-electron chi connectivity index (χ0n) is 12.8. The Hall–Kier alpha value is -2.54. The maximum absolute atomic E-state index is 14.3. The number of H-pyrrole nitrogens is 1. The summed E-state index contributed by atoms with van der Waals surface area (Å²) in [6.07, 6.45) is 1.68. The number of pyridine rings is 2. The zero-order valence-corrected chi connectivity index (χ0v) is 12.8. The Morgan fingerprint density at radius 1 is 1.09 bits per heavy atom. The van der Waals surface area contributed by atoms with Gasteiger partial charge in [0.05, 0.1) is 0 Å². The van der Waals surface area contributed by atoms with Crippen LogP contribution in [0.15, 0.2) is 30.5 Å². The van der Waals surface area contributed by atoms with Crippen LogP contribution in [0.25, 0.3) is 22.4 Å². The molecular weight excluding hydrogens is 295 g/mol. The van der Waals surface area contributed by atoms with E-state index in [0.29, 0.717) is 11.3 Å². The Balaban J connectivity index is 1.75. The van der Waals surface area contributed by atoms with Crippen molar-refractivity contribution >= 4 is 16.9 Å². The van der Waals surface area contributed by atoms with Gasteiger partial charge in [-0.1, -0.05) is 0 Å². The van der Waals surface area contributed by atoms with Crippen molar-refractivity contribution in [2.75, 3.05) is 38.1 Å². The van der Waals surface area contributed by atoms with Crippen molar-refractivity contribution < 1.29 is 4.39 Å². The lowest BCUT2D eigenvalue weighted by Gasteiger charge is -2.33. The van der Waals surface area contributed by atoms with Gasteiger partial charge in [0, 0.05) is 37.8 Å². The van der Waals surface area contributed by atoms with Gasteiger partial charge in [0.1, 0.15) is 17.2 Å². The second kappa shape index (κ2) is 5.58. The molecule has 0 aromatic carbocycles. The van der Waals surface area contributed by atoms with E-state index in [-0.39, 0.29) is 11.5 Å². The van der Waals surface area contributed by atoms with E-state index in [1.165, 1.54) is 6.07 Å². The topological polar surface area (TPSA) is 60.9 Å². The van der Waals surface area contributed by atoms with E-state index in [2.05, 4.69) is 37.0 Å². The van der Waals surface area contributed by atoms with Crippen molar-refractivity contribution in [3.8, 4) is 11.4 Å². The highest BCUT2D eigenvalue weighted by molar-refractivity contribution is 5.89. The number of hydrogen-bond donors (Lipinski definition) is 1. The predicted molar refractivity (Wildman–Crippen MR) is 86.8 cm³/mol. The van der Waals surface area contributed by atoms with Crippen LogP contribution in [0.2, 0.25) is 0 Å². The molecule has 6 nitrogen and oxygen atoms in total. The SMILES string of the molecule is CN1CCN(c2ccc(F)c(-c3n[nH]c4ncccc34)n2)CC1. The van der Waals surface area contributed by atoms with Gasteiger partial charge in [-0.15, -0.1) is 0 Å². The van der Waals surface area contributed by atoms with Gasteiger partial charge in [-0.05, 0) is 31.3 Å². The van der Waals surface area contributed by atoms with E-state index in [1.807, 2.05) is 12.1 Å².